The largest absolute Gasteiger partial charge is 0.369 e. The predicted molar refractivity (Wildman–Crippen MR) is 105 cm³/mol. The number of hydrogen-bond acceptors (Lipinski definition) is 4. The lowest BCUT2D eigenvalue weighted by Gasteiger charge is -2.30. The van der Waals surface area contributed by atoms with Gasteiger partial charge in [0.15, 0.2) is 0 Å². The van der Waals surface area contributed by atoms with Crippen molar-refractivity contribution in [2.24, 2.45) is 11.8 Å². The van der Waals surface area contributed by atoms with Crippen LogP contribution in [0.5, 0.6) is 0 Å². The number of hydrogen-bond donors (Lipinski definition) is 0. The van der Waals surface area contributed by atoms with Crippen molar-refractivity contribution in [3.05, 3.63) is 41.0 Å². The van der Waals surface area contributed by atoms with Gasteiger partial charge in [-0.1, -0.05) is 29.8 Å². The number of carbonyl (C=O) groups excluding carboxylic acids is 1. The molecule has 0 N–H and O–H groups in total. The molecule has 4 heterocycles. The average Bonchev–Trinajstić information content (AvgIpc) is 3.30. The molecule has 1 aromatic heterocycles. The highest BCUT2D eigenvalue weighted by Crippen LogP contribution is 2.55. The zero-order valence-corrected chi connectivity index (χ0v) is 16.4. The number of nitrogens with zero attached hydrogens (tertiary/aromatic N) is 3. The summed E-state index contributed by atoms with van der Waals surface area (Å²) in [6.07, 6.45) is 2.53. The molecule has 0 aliphatic carbocycles. The van der Waals surface area contributed by atoms with E-state index < -0.39 is 0 Å². The molecule has 3 aliphatic rings. The van der Waals surface area contributed by atoms with E-state index >= 15 is 0 Å². The molecule has 3 aliphatic heterocycles. The SMILES string of the molecule is CN(C)C[C@H]1[C@@H]2CC[C@@]3(CN(C(=O)c4ccc5cccc(Cl)c5n4)C[C@@H]13)O2. The van der Waals surface area contributed by atoms with Crippen LogP contribution in [0.25, 0.3) is 10.9 Å². The Bertz CT molecular complexity index is 917. The topological polar surface area (TPSA) is 45.7 Å². The highest BCUT2D eigenvalue weighted by molar-refractivity contribution is 6.35. The van der Waals surface area contributed by atoms with Crippen LogP contribution in [0.4, 0.5) is 0 Å². The molecule has 2 bridgehead atoms. The fraction of sp³-hybridized carbons (Fsp3) is 0.524. The zero-order valence-electron chi connectivity index (χ0n) is 15.7. The molecule has 0 radical (unpaired) electrons. The molecule has 5 nitrogen and oxygen atoms in total. The third kappa shape index (κ3) is 2.67. The summed E-state index contributed by atoms with van der Waals surface area (Å²) < 4.78 is 6.44. The summed E-state index contributed by atoms with van der Waals surface area (Å²) in [5, 5.41) is 1.52. The molecule has 1 spiro atoms. The minimum Gasteiger partial charge on any atom is -0.369 e. The van der Waals surface area contributed by atoms with Crippen molar-refractivity contribution in [1.29, 1.82) is 0 Å². The maximum absolute atomic E-state index is 13.2. The van der Waals surface area contributed by atoms with Crippen molar-refractivity contribution in [3.8, 4) is 0 Å². The normalized spacial score (nSPS) is 31.9. The van der Waals surface area contributed by atoms with Gasteiger partial charge in [0.1, 0.15) is 5.69 Å². The van der Waals surface area contributed by atoms with Crippen LogP contribution in [0.2, 0.25) is 5.02 Å². The van der Waals surface area contributed by atoms with Crippen LogP contribution in [0.15, 0.2) is 30.3 Å². The van der Waals surface area contributed by atoms with Crippen LogP contribution in [0.3, 0.4) is 0 Å². The molecular formula is C21H24ClN3O2. The lowest BCUT2D eigenvalue weighted by Crippen LogP contribution is -2.40. The maximum atomic E-state index is 13.2. The van der Waals surface area contributed by atoms with Crippen molar-refractivity contribution < 1.29 is 9.53 Å². The Morgan fingerprint density at radius 1 is 1.37 bits per heavy atom. The number of amides is 1. The third-order valence-corrected chi connectivity index (χ3v) is 6.84. The fourth-order valence-electron chi connectivity index (χ4n) is 5.40. The first-order chi connectivity index (χ1) is 13.0. The van der Waals surface area contributed by atoms with Gasteiger partial charge in [0, 0.05) is 30.3 Å². The van der Waals surface area contributed by atoms with E-state index in [1.807, 2.05) is 35.2 Å². The summed E-state index contributed by atoms with van der Waals surface area (Å²) >= 11 is 6.28. The molecule has 142 valence electrons. The van der Waals surface area contributed by atoms with E-state index in [1.165, 1.54) is 0 Å². The number of ether oxygens (including phenoxy) is 1. The summed E-state index contributed by atoms with van der Waals surface area (Å²) in [5.41, 5.74) is 1.01. The van der Waals surface area contributed by atoms with Crippen molar-refractivity contribution in [2.45, 2.75) is 24.5 Å². The van der Waals surface area contributed by atoms with Crippen molar-refractivity contribution >= 4 is 28.4 Å². The summed E-state index contributed by atoms with van der Waals surface area (Å²) in [6.45, 7) is 2.46. The summed E-state index contributed by atoms with van der Waals surface area (Å²) in [7, 11) is 4.22. The average molecular weight is 386 g/mol. The Balaban J connectivity index is 1.42. The second-order valence-electron chi connectivity index (χ2n) is 8.49. The standard InChI is InChI=1S/C21H24ClN3O2/c1-24(2)10-14-15-11-25(12-21(15)9-8-18(14)27-21)20(26)17-7-6-13-4-3-5-16(22)19(13)23-17/h3-7,14-15,18H,8-12H2,1-2H3/t14-,15+,18+,21+/m1/s1. The first-order valence-corrected chi connectivity index (χ1v) is 10.0. The number of halogens is 1. The number of pyridine rings is 1. The smallest absolute Gasteiger partial charge is 0.272 e. The van der Waals surface area contributed by atoms with E-state index in [0.29, 0.717) is 40.7 Å². The molecule has 27 heavy (non-hydrogen) atoms. The van der Waals surface area contributed by atoms with Crippen molar-refractivity contribution in [2.75, 3.05) is 33.7 Å². The molecule has 3 fully saturated rings. The van der Waals surface area contributed by atoms with E-state index in [-0.39, 0.29) is 11.5 Å². The van der Waals surface area contributed by atoms with Crippen molar-refractivity contribution in [1.82, 2.24) is 14.8 Å². The summed E-state index contributed by atoms with van der Waals surface area (Å²) in [4.78, 5) is 21.9. The highest BCUT2D eigenvalue weighted by Gasteiger charge is 2.63. The number of aromatic nitrogens is 1. The molecule has 3 saturated heterocycles. The molecule has 6 heteroatoms. The Morgan fingerprint density at radius 3 is 3.04 bits per heavy atom. The molecule has 1 aromatic carbocycles. The van der Waals surface area contributed by atoms with E-state index in [4.69, 9.17) is 16.3 Å². The predicted octanol–water partition coefficient (Wildman–Crippen LogP) is 3.07. The summed E-state index contributed by atoms with van der Waals surface area (Å²) in [5.74, 6) is 0.911. The highest BCUT2D eigenvalue weighted by atomic mass is 35.5. The molecule has 0 saturated carbocycles. The van der Waals surface area contributed by atoms with E-state index in [0.717, 1.165) is 31.3 Å². The number of likely N-dealkylation sites (tertiary alicyclic amines) is 1. The van der Waals surface area contributed by atoms with Gasteiger partial charge in [-0.15, -0.1) is 0 Å². The van der Waals surface area contributed by atoms with Crippen LogP contribution >= 0.6 is 11.6 Å². The molecule has 4 atom stereocenters. The van der Waals surface area contributed by atoms with Gasteiger partial charge >= 0.3 is 0 Å². The number of rotatable bonds is 3. The maximum Gasteiger partial charge on any atom is 0.272 e. The number of benzene rings is 1. The van der Waals surface area contributed by atoms with E-state index in [9.17, 15) is 4.79 Å². The quantitative estimate of drug-likeness (QED) is 0.814. The van der Waals surface area contributed by atoms with Gasteiger partial charge in [0.25, 0.3) is 5.91 Å². The van der Waals surface area contributed by atoms with Gasteiger partial charge in [-0.3, -0.25) is 4.79 Å². The second kappa shape index (κ2) is 6.16. The van der Waals surface area contributed by atoms with Gasteiger partial charge in [-0.05, 0) is 39.1 Å². The first-order valence-electron chi connectivity index (χ1n) is 9.64. The van der Waals surface area contributed by atoms with Crippen LogP contribution in [0.1, 0.15) is 23.3 Å². The number of fused-ring (bicyclic) bond motifs is 2. The second-order valence-corrected chi connectivity index (χ2v) is 8.89. The van der Waals surface area contributed by atoms with Gasteiger partial charge in [-0.2, -0.15) is 0 Å². The van der Waals surface area contributed by atoms with Gasteiger partial charge in [-0.25, -0.2) is 4.98 Å². The van der Waals surface area contributed by atoms with Crippen LogP contribution in [0, 0.1) is 11.8 Å². The van der Waals surface area contributed by atoms with Crippen LogP contribution in [-0.4, -0.2) is 66.1 Å². The Labute approximate surface area is 164 Å². The number of para-hydroxylation sites is 1. The monoisotopic (exact) mass is 385 g/mol. The minimum absolute atomic E-state index is 0.0174. The van der Waals surface area contributed by atoms with Crippen LogP contribution < -0.4 is 0 Å². The lowest BCUT2D eigenvalue weighted by atomic mass is 9.73. The van der Waals surface area contributed by atoms with Crippen molar-refractivity contribution in [3.63, 3.8) is 0 Å². The first kappa shape index (κ1) is 17.4. The van der Waals surface area contributed by atoms with Gasteiger partial charge in [0.2, 0.25) is 0 Å². The fourth-order valence-corrected chi connectivity index (χ4v) is 5.63. The molecule has 0 unspecified atom stereocenters. The third-order valence-electron chi connectivity index (χ3n) is 6.54. The number of carbonyl (C=O) groups is 1. The van der Waals surface area contributed by atoms with Gasteiger partial charge in [0.05, 0.1) is 28.8 Å². The Hall–Kier alpha value is -1.69. The Kier molecular flexibility index (Phi) is 3.97. The molecular weight excluding hydrogens is 362 g/mol. The van der Waals surface area contributed by atoms with E-state index in [2.05, 4.69) is 24.0 Å². The zero-order chi connectivity index (χ0) is 18.8. The molecule has 2 aromatic rings. The lowest BCUT2D eigenvalue weighted by molar-refractivity contribution is 0.00251. The van der Waals surface area contributed by atoms with Gasteiger partial charge < -0.3 is 14.5 Å². The minimum atomic E-state index is -0.143. The molecule has 5 rings (SSSR count). The van der Waals surface area contributed by atoms with E-state index in [1.54, 1.807) is 0 Å². The van der Waals surface area contributed by atoms with Crippen LogP contribution in [-0.2, 0) is 4.74 Å². The molecule has 1 amide bonds. The Morgan fingerprint density at radius 2 is 2.22 bits per heavy atom. The summed E-state index contributed by atoms with van der Waals surface area (Å²) in [6, 6.07) is 9.39.